The van der Waals surface area contributed by atoms with Crippen molar-refractivity contribution in [1.82, 2.24) is 0 Å². The van der Waals surface area contributed by atoms with E-state index in [9.17, 15) is 4.39 Å². The molecule has 0 aromatic carbocycles. The molecular weight excluding hydrogens is 105 g/mol. The topological polar surface area (TPSA) is 12.4 Å². The first-order chi connectivity index (χ1) is 3.79. The van der Waals surface area contributed by atoms with Crippen molar-refractivity contribution in [2.45, 2.75) is 19.5 Å². The quantitative estimate of drug-likeness (QED) is 0.453. The lowest BCUT2D eigenvalue weighted by Crippen LogP contribution is -2.04. The Balaban J connectivity index is 2.59. The fraction of sp³-hybridized carbons (Fsp3) is 0.500. The molecule has 8 heavy (non-hydrogen) atoms. The molecule has 1 aliphatic rings. The molecule has 1 rings (SSSR count). The van der Waals surface area contributed by atoms with Crippen molar-refractivity contribution in [3.8, 4) is 0 Å². The van der Waals surface area contributed by atoms with E-state index < -0.39 is 6.17 Å². The molecule has 0 bridgehead atoms. The first-order valence-corrected chi connectivity index (χ1v) is 2.62. The highest BCUT2D eigenvalue weighted by Gasteiger charge is 2.05. The maximum atomic E-state index is 12.2. The van der Waals surface area contributed by atoms with Crippen LogP contribution in [0.3, 0.4) is 0 Å². The molecule has 1 nitrogen and oxygen atoms in total. The third-order valence-electron chi connectivity index (χ3n) is 1.06. The molecule has 0 radical (unpaired) electrons. The standard InChI is InChI=1S/C6H8FN/c1-5-2-6(7)4-8-3-5/h3-4,6H,2H2,1H3. The Morgan fingerprint density at radius 2 is 2.62 bits per heavy atom. The van der Waals surface area contributed by atoms with Gasteiger partial charge in [0, 0.05) is 18.8 Å². The summed E-state index contributed by atoms with van der Waals surface area (Å²) in [5.74, 6) is 0. The number of halogens is 1. The lowest BCUT2D eigenvalue weighted by Gasteiger charge is -2.04. The van der Waals surface area contributed by atoms with Gasteiger partial charge in [0.2, 0.25) is 0 Å². The Morgan fingerprint density at radius 1 is 1.88 bits per heavy atom. The molecule has 0 spiro atoms. The molecule has 0 fully saturated rings. The second kappa shape index (κ2) is 2.07. The molecule has 1 heterocycles. The summed E-state index contributed by atoms with van der Waals surface area (Å²) in [6, 6.07) is 0. The normalized spacial score (nSPS) is 27.8. The van der Waals surface area contributed by atoms with Crippen LogP contribution in [0.2, 0.25) is 0 Å². The molecule has 44 valence electrons. The highest BCUT2D eigenvalue weighted by molar-refractivity contribution is 5.65. The largest absolute Gasteiger partial charge is 0.266 e. The van der Waals surface area contributed by atoms with E-state index in [4.69, 9.17) is 0 Å². The van der Waals surface area contributed by atoms with Crippen molar-refractivity contribution in [2.24, 2.45) is 4.99 Å². The van der Waals surface area contributed by atoms with E-state index in [1.54, 1.807) is 6.20 Å². The van der Waals surface area contributed by atoms with Gasteiger partial charge in [-0.05, 0) is 6.92 Å². The third kappa shape index (κ3) is 1.15. The smallest absolute Gasteiger partial charge is 0.139 e. The van der Waals surface area contributed by atoms with E-state index in [-0.39, 0.29) is 0 Å². The van der Waals surface area contributed by atoms with Crippen molar-refractivity contribution in [3.05, 3.63) is 11.8 Å². The van der Waals surface area contributed by atoms with Crippen molar-refractivity contribution >= 4 is 6.21 Å². The molecular formula is C6H8FN. The van der Waals surface area contributed by atoms with Gasteiger partial charge in [0.25, 0.3) is 0 Å². The highest BCUT2D eigenvalue weighted by atomic mass is 19.1. The predicted octanol–water partition coefficient (Wildman–Crippen LogP) is 1.70. The van der Waals surface area contributed by atoms with Crippen molar-refractivity contribution in [3.63, 3.8) is 0 Å². The number of rotatable bonds is 0. The molecule has 0 N–H and O–H groups in total. The second-order valence-electron chi connectivity index (χ2n) is 1.99. The Bertz CT molecular complexity index is 137. The first-order valence-electron chi connectivity index (χ1n) is 2.62. The first kappa shape index (κ1) is 5.48. The van der Waals surface area contributed by atoms with Crippen LogP contribution >= 0.6 is 0 Å². The summed E-state index contributed by atoms with van der Waals surface area (Å²) in [5, 5.41) is 0. The van der Waals surface area contributed by atoms with Gasteiger partial charge in [-0.2, -0.15) is 0 Å². The number of alkyl halides is 1. The maximum absolute atomic E-state index is 12.2. The van der Waals surface area contributed by atoms with Gasteiger partial charge in [-0.25, -0.2) is 4.39 Å². The molecule has 0 saturated heterocycles. The van der Waals surface area contributed by atoms with E-state index >= 15 is 0 Å². The van der Waals surface area contributed by atoms with Gasteiger partial charge < -0.3 is 0 Å². The monoisotopic (exact) mass is 113 g/mol. The summed E-state index contributed by atoms with van der Waals surface area (Å²) >= 11 is 0. The van der Waals surface area contributed by atoms with Crippen LogP contribution in [-0.2, 0) is 0 Å². The Labute approximate surface area is 47.9 Å². The summed E-state index contributed by atoms with van der Waals surface area (Å²) in [6.07, 6.45) is 2.69. The van der Waals surface area contributed by atoms with Crippen LogP contribution in [0.25, 0.3) is 0 Å². The summed E-state index contributed by atoms with van der Waals surface area (Å²) < 4.78 is 12.2. The minimum Gasteiger partial charge on any atom is -0.266 e. The third-order valence-corrected chi connectivity index (χ3v) is 1.06. The fourth-order valence-corrected chi connectivity index (χ4v) is 0.677. The Hall–Kier alpha value is -0.660. The van der Waals surface area contributed by atoms with Crippen molar-refractivity contribution < 1.29 is 4.39 Å². The molecule has 2 heteroatoms. The number of nitrogens with zero attached hydrogens (tertiary/aromatic N) is 1. The van der Waals surface area contributed by atoms with Crippen LogP contribution in [0.15, 0.2) is 16.8 Å². The van der Waals surface area contributed by atoms with Crippen LogP contribution in [0.1, 0.15) is 13.3 Å². The van der Waals surface area contributed by atoms with E-state index in [0.717, 1.165) is 5.57 Å². The van der Waals surface area contributed by atoms with E-state index in [2.05, 4.69) is 4.99 Å². The minimum absolute atomic E-state index is 0.517. The summed E-state index contributed by atoms with van der Waals surface area (Å²) in [7, 11) is 0. The fourth-order valence-electron chi connectivity index (χ4n) is 0.677. The van der Waals surface area contributed by atoms with Crippen LogP contribution in [0, 0.1) is 0 Å². The lowest BCUT2D eigenvalue weighted by atomic mass is 10.1. The summed E-state index contributed by atoms with van der Waals surface area (Å²) in [6.45, 7) is 1.88. The Morgan fingerprint density at radius 3 is 3.00 bits per heavy atom. The average molecular weight is 113 g/mol. The number of allylic oxidation sites excluding steroid dienone is 1. The molecule has 0 aliphatic carbocycles. The molecule has 0 aromatic heterocycles. The van der Waals surface area contributed by atoms with E-state index in [1.807, 2.05) is 6.92 Å². The zero-order valence-electron chi connectivity index (χ0n) is 4.76. The minimum atomic E-state index is -0.847. The van der Waals surface area contributed by atoms with Gasteiger partial charge in [-0.1, -0.05) is 5.57 Å². The van der Waals surface area contributed by atoms with Crippen LogP contribution in [0.5, 0.6) is 0 Å². The highest BCUT2D eigenvalue weighted by Crippen LogP contribution is 2.09. The second-order valence-corrected chi connectivity index (χ2v) is 1.99. The van der Waals surface area contributed by atoms with Gasteiger partial charge in [-0.3, -0.25) is 4.99 Å². The zero-order valence-corrected chi connectivity index (χ0v) is 4.76. The van der Waals surface area contributed by atoms with Gasteiger partial charge in [0.1, 0.15) is 6.17 Å². The maximum Gasteiger partial charge on any atom is 0.139 e. The van der Waals surface area contributed by atoms with Crippen molar-refractivity contribution in [2.75, 3.05) is 0 Å². The van der Waals surface area contributed by atoms with Crippen LogP contribution in [0.4, 0.5) is 4.39 Å². The molecule has 0 saturated carbocycles. The summed E-state index contributed by atoms with van der Waals surface area (Å²) in [4.78, 5) is 3.68. The van der Waals surface area contributed by atoms with Crippen LogP contribution in [-0.4, -0.2) is 12.4 Å². The zero-order chi connectivity index (χ0) is 5.98. The van der Waals surface area contributed by atoms with Crippen LogP contribution < -0.4 is 0 Å². The van der Waals surface area contributed by atoms with Crippen molar-refractivity contribution in [1.29, 1.82) is 0 Å². The molecule has 0 amide bonds. The van der Waals surface area contributed by atoms with Gasteiger partial charge in [0.15, 0.2) is 0 Å². The molecule has 1 aliphatic heterocycles. The SMILES string of the molecule is CC1=CN=CC(F)C1. The summed E-state index contributed by atoms with van der Waals surface area (Å²) in [5.41, 5.74) is 1.01. The number of aliphatic imine (C=N–C) groups is 1. The van der Waals surface area contributed by atoms with Gasteiger partial charge in [-0.15, -0.1) is 0 Å². The predicted molar refractivity (Wildman–Crippen MR) is 31.8 cm³/mol. The number of hydrogen-bond donors (Lipinski definition) is 0. The molecule has 0 aromatic rings. The average Bonchev–Trinajstić information content (AvgIpc) is 1.64. The van der Waals surface area contributed by atoms with E-state index in [0.29, 0.717) is 6.42 Å². The van der Waals surface area contributed by atoms with E-state index in [1.165, 1.54) is 6.21 Å². The number of hydrogen-bond acceptors (Lipinski definition) is 1. The lowest BCUT2D eigenvalue weighted by molar-refractivity contribution is 0.425. The van der Waals surface area contributed by atoms with Gasteiger partial charge in [0.05, 0.1) is 0 Å². The Kier molecular flexibility index (Phi) is 1.42. The van der Waals surface area contributed by atoms with Gasteiger partial charge >= 0.3 is 0 Å². The molecule has 1 unspecified atom stereocenters. The molecule has 1 atom stereocenters.